The molecule has 0 fully saturated rings. The predicted octanol–water partition coefficient (Wildman–Crippen LogP) is 2.61. The van der Waals surface area contributed by atoms with Crippen LogP contribution in [0.1, 0.15) is 18.2 Å². The Morgan fingerprint density at radius 1 is 1.29 bits per heavy atom. The molecule has 126 valence electrons. The van der Waals surface area contributed by atoms with E-state index in [0.717, 1.165) is 28.5 Å². The van der Waals surface area contributed by atoms with Crippen LogP contribution in [0.15, 0.2) is 47.1 Å². The molecule has 2 amide bonds. The van der Waals surface area contributed by atoms with Gasteiger partial charge < -0.3 is 9.73 Å². The minimum absolute atomic E-state index is 0.0972. The summed E-state index contributed by atoms with van der Waals surface area (Å²) in [5.41, 5.74) is 1.89. The zero-order chi connectivity index (χ0) is 16.9. The summed E-state index contributed by atoms with van der Waals surface area (Å²) < 4.78 is 5.27. The molecule has 0 saturated carbocycles. The van der Waals surface area contributed by atoms with Gasteiger partial charge in [0, 0.05) is 31.3 Å². The minimum atomic E-state index is -0.449. The third-order valence-electron chi connectivity index (χ3n) is 3.99. The van der Waals surface area contributed by atoms with Crippen molar-refractivity contribution >= 4 is 29.3 Å². The Kier molecular flexibility index (Phi) is 5.25. The Hall–Kier alpha value is -2.21. The van der Waals surface area contributed by atoms with Crippen LogP contribution in [0.3, 0.4) is 0 Å². The molecule has 1 aliphatic heterocycles. The number of nitrogens with one attached hydrogen (secondary N) is 1. The van der Waals surface area contributed by atoms with Crippen molar-refractivity contribution in [2.24, 2.45) is 0 Å². The number of hydrogen-bond acceptors (Lipinski definition) is 4. The fraction of sp³-hybridized carbons (Fsp3) is 0.333. The van der Waals surface area contributed by atoms with E-state index in [0.29, 0.717) is 13.0 Å². The van der Waals surface area contributed by atoms with Crippen LogP contribution in [0.5, 0.6) is 0 Å². The Balaban J connectivity index is 1.50. The number of fused-ring (bicyclic) bond motifs is 1. The van der Waals surface area contributed by atoms with Crippen LogP contribution in [-0.2, 0) is 21.8 Å². The zero-order valence-corrected chi connectivity index (χ0v) is 14.3. The summed E-state index contributed by atoms with van der Waals surface area (Å²) in [6.45, 7) is 2.07. The van der Waals surface area contributed by atoms with Crippen molar-refractivity contribution in [3.63, 3.8) is 0 Å². The Morgan fingerprint density at radius 3 is 2.88 bits per heavy atom. The van der Waals surface area contributed by atoms with Gasteiger partial charge in [-0.3, -0.25) is 14.5 Å². The maximum atomic E-state index is 12.5. The molecule has 1 unspecified atom stereocenters. The van der Waals surface area contributed by atoms with Gasteiger partial charge in [0.15, 0.2) is 0 Å². The van der Waals surface area contributed by atoms with Gasteiger partial charge in [0.2, 0.25) is 11.8 Å². The second kappa shape index (κ2) is 7.57. The molecule has 1 aliphatic rings. The zero-order valence-electron chi connectivity index (χ0n) is 13.5. The normalized spacial score (nSPS) is 16.0. The van der Waals surface area contributed by atoms with Crippen molar-refractivity contribution in [3.8, 4) is 0 Å². The van der Waals surface area contributed by atoms with E-state index >= 15 is 0 Å². The van der Waals surface area contributed by atoms with Crippen LogP contribution in [0.25, 0.3) is 0 Å². The van der Waals surface area contributed by atoms with Crippen molar-refractivity contribution in [1.82, 2.24) is 5.32 Å². The highest BCUT2D eigenvalue weighted by atomic mass is 32.2. The SMILES string of the molecule is CC(=O)N1c2ccccc2CC1C(=O)NCCSCc1ccco1. The first-order valence-electron chi connectivity index (χ1n) is 7.92. The van der Waals surface area contributed by atoms with Gasteiger partial charge in [-0.15, -0.1) is 0 Å². The standard InChI is InChI=1S/C18H20N2O3S/c1-13(21)20-16-7-3-2-5-14(16)11-17(20)18(22)19-8-10-24-12-15-6-4-9-23-15/h2-7,9,17H,8,10-12H2,1H3,(H,19,22). The molecule has 1 atom stereocenters. The van der Waals surface area contributed by atoms with E-state index in [1.54, 1.807) is 22.9 Å². The molecule has 1 aromatic carbocycles. The summed E-state index contributed by atoms with van der Waals surface area (Å²) in [6.07, 6.45) is 2.23. The van der Waals surface area contributed by atoms with Gasteiger partial charge in [-0.2, -0.15) is 11.8 Å². The van der Waals surface area contributed by atoms with Gasteiger partial charge in [0.25, 0.3) is 0 Å². The van der Waals surface area contributed by atoms with Gasteiger partial charge in [-0.1, -0.05) is 18.2 Å². The summed E-state index contributed by atoms with van der Waals surface area (Å²) in [4.78, 5) is 26.0. The largest absolute Gasteiger partial charge is 0.468 e. The highest BCUT2D eigenvalue weighted by molar-refractivity contribution is 7.98. The molecule has 0 radical (unpaired) electrons. The third kappa shape index (κ3) is 3.64. The smallest absolute Gasteiger partial charge is 0.243 e. The van der Waals surface area contributed by atoms with Crippen molar-refractivity contribution in [2.75, 3.05) is 17.2 Å². The number of para-hydroxylation sites is 1. The van der Waals surface area contributed by atoms with Crippen LogP contribution in [-0.4, -0.2) is 30.2 Å². The minimum Gasteiger partial charge on any atom is -0.468 e. The maximum absolute atomic E-state index is 12.5. The highest BCUT2D eigenvalue weighted by Crippen LogP contribution is 2.32. The van der Waals surface area contributed by atoms with Crippen molar-refractivity contribution in [1.29, 1.82) is 0 Å². The number of furan rings is 1. The van der Waals surface area contributed by atoms with Crippen LogP contribution in [0.4, 0.5) is 5.69 Å². The number of anilines is 1. The third-order valence-corrected chi connectivity index (χ3v) is 4.97. The van der Waals surface area contributed by atoms with Gasteiger partial charge in [0.1, 0.15) is 11.8 Å². The molecule has 5 nitrogen and oxygen atoms in total. The fourth-order valence-corrected chi connectivity index (χ4v) is 3.67. The molecular formula is C18H20N2O3S. The lowest BCUT2D eigenvalue weighted by Crippen LogP contribution is -2.47. The van der Waals surface area contributed by atoms with Crippen LogP contribution in [0.2, 0.25) is 0 Å². The summed E-state index contributed by atoms with van der Waals surface area (Å²) in [6, 6.07) is 11.0. The van der Waals surface area contributed by atoms with Crippen molar-refractivity contribution in [2.45, 2.75) is 25.1 Å². The van der Waals surface area contributed by atoms with E-state index in [1.165, 1.54) is 6.92 Å². The topological polar surface area (TPSA) is 62.6 Å². The second-order valence-corrected chi connectivity index (χ2v) is 6.77. The van der Waals surface area contributed by atoms with Gasteiger partial charge >= 0.3 is 0 Å². The van der Waals surface area contributed by atoms with E-state index in [1.807, 2.05) is 36.4 Å². The van der Waals surface area contributed by atoms with Crippen LogP contribution >= 0.6 is 11.8 Å². The number of hydrogen-bond donors (Lipinski definition) is 1. The second-order valence-electron chi connectivity index (χ2n) is 5.66. The van der Waals surface area contributed by atoms with E-state index < -0.39 is 6.04 Å². The molecule has 0 saturated heterocycles. The first kappa shape index (κ1) is 16.6. The predicted molar refractivity (Wildman–Crippen MR) is 95.0 cm³/mol. The molecule has 0 aliphatic carbocycles. The van der Waals surface area contributed by atoms with E-state index in [2.05, 4.69) is 5.32 Å². The van der Waals surface area contributed by atoms with Crippen molar-refractivity contribution < 1.29 is 14.0 Å². The molecule has 3 rings (SSSR count). The number of thioether (sulfide) groups is 1. The van der Waals surface area contributed by atoms with Gasteiger partial charge in [0.05, 0.1) is 12.0 Å². The van der Waals surface area contributed by atoms with Crippen LogP contribution in [0, 0.1) is 0 Å². The monoisotopic (exact) mass is 344 g/mol. The number of carbonyl (C=O) groups is 2. The molecule has 2 heterocycles. The quantitative estimate of drug-likeness (QED) is 0.818. The molecule has 1 aromatic heterocycles. The number of carbonyl (C=O) groups excluding carboxylic acids is 2. The summed E-state index contributed by atoms with van der Waals surface area (Å²) >= 11 is 1.70. The fourth-order valence-electron chi connectivity index (χ4n) is 2.92. The molecule has 0 spiro atoms. The number of amides is 2. The molecule has 24 heavy (non-hydrogen) atoms. The van der Waals surface area contributed by atoms with Gasteiger partial charge in [-0.25, -0.2) is 0 Å². The summed E-state index contributed by atoms with van der Waals surface area (Å²) in [5, 5.41) is 2.94. The molecular weight excluding hydrogens is 324 g/mol. The first-order valence-corrected chi connectivity index (χ1v) is 9.08. The number of nitrogens with zero attached hydrogens (tertiary/aromatic N) is 1. The Labute approximate surface area is 145 Å². The lowest BCUT2D eigenvalue weighted by atomic mass is 10.1. The molecule has 1 N–H and O–H groups in total. The number of benzene rings is 1. The lowest BCUT2D eigenvalue weighted by Gasteiger charge is -2.23. The van der Waals surface area contributed by atoms with E-state index in [4.69, 9.17) is 4.42 Å². The molecule has 0 bridgehead atoms. The van der Waals surface area contributed by atoms with Gasteiger partial charge in [-0.05, 0) is 23.8 Å². The van der Waals surface area contributed by atoms with E-state index in [9.17, 15) is 9.59 Å². The Morgan fingerprint density at radius 2 is 2.12 bits per heavy atom. The van der Waals surface area contributed by atoms with E-state index in [-0.39, 0.29) is 11.8 Å². The van der Waals surface area contributed by atoms with Crippen molar-refractivity contribution in [3.05, 3.63) is 54.0 Å². The number of rotatable bonds is 6. The first-order chi connectivity index (χ1) is 11.7. The average Bonchev–Trinajstić information content (AvgIpc) is 3.21. The summed E-state index contributed by atoms with van der Waals surface area (Å²) in [7, 11) is 0. The maximum Gasteiger partial charge on any atom is 0.243 e. The molecule has 6 heteroatoms. The average molecular weight is 344 g/mol. The van der Waals surface area contributed by atoms with Crippen LogP contribution < -0.4 is 10.2 Å². The lowest BCUT2D eigenvalue weighted by molar-refractivity contribution is -0.125. The molecule has 2 aromatic rings. The highest BCUT2D eigenvalue weighted by Gasteiger charge is 2.36. The Bertz CT molecular complexity index is 715. The summed E-state index contributed by atoms with van der Waals surface area (Å²) in [5.74, 6) is 2.32.